The van der Waals surface area contributed by atoms with Gasteiger partial charge in [0.25, 0.3) is 0 Å². The van der Waals surface area contributed by atoms with Gasteiger partial charge in [-0.15, -0.1) is 0 Å². The van der Waals surface area contributed by atoms with Crippen molar-refractivity contribution in [2.24, 2.45) is 0 Å². The lowest BCUT2D eigenvalue weighted by molar-refractivity contribution is -0.152. The van der Waals surface area contributed by atoms with Crippen LogP contribution < -0.4 is 10.2 Å². The van der Waals surface area contributed by atoms with Crippen molar-refractivity contribution in [1.82, 2.24) is 10.3 Å². The quantitative estimate of drug-likeness (QED) is 0.206. The number of carbonyl (C=O) groups is 3. The van der Waals surface area contributed by atoms with Crippen LogP contribution in [-0.2, 0) is 25.5 Å². The van der Waals surface area contributed by atoms with E-state index in [0.717, 1.165) is 28.4 Å². The first-order valence-corrected chi connectivity index (χ1v) is 10.3. The molecule has 172 valence electrons. The van der Waals surface area contributed by atoms with Crippen LogP contribution in [0.15, 0.2) is 24.4 Å². The summed E-state index contributed by atoms with van der Waals surface area (Å²) in [6, 6.07) is 4.70. The van der Waals surface area contributed by atoms with Gasteiger partial charge in [0.15, 0.2) is 0 Å². The number of ether oxygens (including phenoxy) is 1. The number of rotatable bonds is 11. The number of nitrogens with zero attached hydrogens (tertiary/aromatic N) is 3. The fraction of sp³-hybridized carbons (Fsp3) is 0.455. The van der Waals surface area contributed by atoms with Crippen molar-refractivity contribution < 1.29 is 29.0 Å². The van der Waals surface area contributed by atoms with E-state index in [1.165, 1.54) is 0 Å². The van der Waals surface area contributed by atoms with Gasteiger partial charge in [-0.25, -0.2) is 4.79 Å². The molecule has 3 N–H and O–H groups in total. The van der Waals surface area contributed by atoms with E-state index in [1.54, 1.807) is 20.0 Å². The number of aromatic nitrogens is 1. The van der Waals surface area contributed by atoms with Gasteiger partial charge in [-0.1, -0.05) is 6.07 Å². The number of H-pyrrole nitrogens is 1. The zero-order valence-electron chi connectivity index (χ0n) is 18.7. The number of carbonyl (C=O) groups excluding carboxylic acids is 3. The van der Waals surface area contributed by atoms with E-state index < -0.39 is 35.9 Å². The molecule has 0 aliphatic heterocycles. The molecular weight excluding hydrogens is 414 g/mol. The van der Waals surface area contributed by atoms with Crippen molar-refractivity contribution in [2.75, 3.05) is 19.0 Å². The molecule has 10 nitrogen and oxygen atoms in total. The van der Waals surface area contributed by atoms with Gasteiger partial charge in [-0.05, 0) is 38.0 Å². The Hall–Kier alpha value is -3.49. The van der Waals surface area contributed by atoms with Crippen molar-refractivity contribution in [3.63, 3.8) is 0 Å². The lowest BCUT2D eigenvalue weighted by atomic mass is 10.0. The van der Waals surface area contributed by atoms with Gasteiger partial charge in [-0.3, -0.25) is 9.59 Å². The van der Waals surface area contributed by atoms with Crippen LogP contribution >= 0.6 is 0 Å². The Morgan fingerprint density at radius 1 is 1.31 bits per heavy atom. The first-order valence-electron chi connectivity index (χ1n) is 10.3. The van der Waals surface area contributed by atoms with E-state index >= 15 is 0 Å². The molecular formula is C22H29N5O5. The molecule has 0 bridgehead atoms. The number of fused-ring (bicyclic) bond motifs is 1. The maximum Gasteiger partial charge on any atom is 0.328 e. The molecule has 0 aliphatic carbocycles. The van der Waals surface area contributed by atoms with Crippen LogP contribution in [-0.4, -0.2) is 71.1 Å². The van der Waals surface area contributed by atoms with Crippen LogP contribution in [0.25, 0.3) is 16.4 Å². The number of aliphatic hydroxyl groups excluding tert-OH is 1. The predicted octanol–water partition coefficient (Wildman–Crippen LogP) is 1.22. The Labute approximate surface area is 186 Å². The maximum atomic E-state index is 12.6. The number of hydrogen-bond acceptors (Lipinski definition) is 6. The zero-order valence-corrected chi connectivity index (χ0v) is 18.7. The largest absolute Gasteiger partial charge is 0.461 e. The summed E-state index contributed by atoms with van der Waals surface area (Å²) in [6.45, 7) is 3.32. The highest BCUT2D eigenvalue weighted by Crippen LogP contribution is 2.24. The lowest BCUT2D eigenvalue weighted by Gasteiger charge is -2.20. The summed E-state index contributed by atoms with van der Waals surface area (Å²) in [5.41, 5.74) is 11.1. The SMILES string of the molecule is CC(C)OC(=O)[C@H](CCC(=O)C=[N+]=[N-])NC(=O)[C@@H](O)Cc1c[nH]c2cc(N(C)C)ccc12. The normalized spacial score (nSPS) is 12.7. The second kappa shape index (κ2) is 11.2. The summed E-state index contributed by atoms with van der Waals surface area (Å²) >= 11 is 0. The van der Waals surface area contributed by atoms with Crippen LogP contribution in [0.2, 0.25) is 0 Å². The zero-order chi connectivity index (χ0) is 23.8. The van der Waals surface area contributed by atoms with Crippen molar-refractivity contribution in [1.29, 1.82) is 0 Å². The summed E-state index contributed by atoms with van der Waals surface area (Å²) in [5.74, 6) is -1.98. The molecule has 0 fully saturated rings. The number of amides is 1. The molecule has 0 saturated carbocycles. The van der Waals surface area contributed by atoms with E-state index in [4.69, 9.17) is 10.3 Å². The number of anilines is 1. The van der Waals surface area contributed by atoms with Gasteiger partial charge in [0.05, 0.1) is 6.10 Å². The first kappa shape index (κ1) is 24.8. The fourth-order valence-electron chi connectivity index (χ4n) is 3.17. The van der Waals surface area contributed by atoms with Crippen LogP contribution in [0.1, 0.15) is 32.3 Å². The molecule has 1 amide bonds. The third-order valence-electron chi connectivity index (χ3n) is 4.82. The molecule has 1 aromatic carbocycles. The van der Waals surface area contributed by atoms with E-state index in [1.807, 2.05) is 37.2 Å². The number of ketones is 1. The maximum absolute atomic E-state index is 12.6. The van der Waals surface area contributed by atoms with Gasteiger partial charge >= 0.3 is 12.2 Å². The minimum atomic E-state index is -1.41. The standard InChI is InChI=1S/C22H29N5O5/c1-13(2)32-22(31)18(8-6-16(28)12-25-23)26-21(30)20(29)9-14-11-24-19-10-15(27(3)4)5-7-17(14)19/h5,7,10-13,18,20,24,29H,6,8-9H2,1-4H3,(H,26,30)/t18-,20-/m0/s1. The topological polar surface area (TPSA) is 148 Å². The van der Waals surface area contributed by atoms with Crippen molar-refractivity contribution in [2.45, 2.75) is 51.4 Å². The molecule has 0 saturated heterocycles. The second-order valence-corrected chi connectivity index (χ2v) is 7.95. The molecule has 0 spiro atoms. The molecule has 10 heteroatoms. The van der Waals surface area contributed by atoms with Crippen LogP contribution in [0.4, 0.5) is 5.69 Å². The molecule has 2 atom stereocenters. The van der Waals surface area contributed by atoms with E-state index in [2.05, 4.69) is 15.1 Å². The Morgan fingerprint density at radius 2 is 2.03 bits per heavy atom. The molecule has 0 aliphatic rings. The van der Waals surface area contributed by atoms with Crippen LogP contribution in [0.3, 0.4) is 0 Å². The third kappa shape index (κ3) is 6.76. The monoisotopic (exact) mass is 443 g/mol. The summed E-state index contributed by atoms with van der Waals surface area (Å²) in [5, 5.41) is 13.8. The molecule has 0 unspecified atom stereocenters. The summed E-state index contributed by atoms with van der Waals surface area (Å²) in [4.78, 5) is 44.3. The molecule has 1 heterocycles. The Balaban J connectivity index is 2.09. The van der Waals surface area contributed by atoms with E-state index in [9.17, 15) is 19.5 Å². The molecule has 2 rings (SSSR count). The minimum Gasteiger partial charge on any atom is -0.461 e. The number of hydrogen-bond donors (Lipinski definition) is 3. The number of aromatic amines is 1. The van der Waals surface area contributed by atoms with Crippen LogP contribution in [0, 0.1) is 0 Å². The highest BCUT2D eigenvalue weighted by atomic mass is 16.5. The fourth-order valence-corrected chi connectivity index (χ4v) is 3.17. The second-order valence-electron chi connectivity index (χ2n) is 7.95. The van der Waals surface area contributed by atoms with E-state index in [0.29, 0.717) is 0 Å². The highest BCUT2D eigenvalue weighted by molar-refractivity contribution is 6.25. The van der Waals surface area contributed by atoms with Gasteiger partial charge < -0.3 is 30.6 Å². The Kier molecular flexibility index (Phi) is 8.69. The van der Waals surface area contributed by atoms with Gasteiger partial charge in [0.2, 0.25) is 11.7 Å². The highest BCUT2D eigenvalue weighted by Gasteiger charge is 2.27. The summed E-state index contributed by atoms with van der Waals surface area (Å²) in [6.07, 6.45) is 0.462. The van der Waals surface area contributed by atoms with Gasteiger partial charge in [0, 0.05) is 49.7 Å². The summed E-state index contributed by atoms with van der Waals surface area (Å²) < 4.78 is 5.14. The Bertz CT molecular complexity index is 1020. The first-order chi connectivity index (χ1) is 15.1. The molecule has 0 radical (unpaired) electrons. The predicted molar refractivity (Wildman–Crippen MR) is 119 cm³/mol. The minimum absolute atomic E-state index is 0.0369. The molecule has 1 aromatic heterocycles. The van der Waals surface area contributed by atoms with Crippen molar-refractivity contribution in [3.8, 4) is 0 Å². The number of Topliss-reactive ketones (excluding diaryl/α,β-unsaturated/α-hetero) is 1. The van der Waals surface area contributed by atoms with Gasteiger partial charge in [-0.2, -0.15) is 4.79 Å². The van der Waals surface area contributed by atoms with E-state index in [-0.39, 0.29) is 19.3 Å². The van der Waals surface area contributed by atoms with Crippen LogP contribution in [0.5, 0.6) is 0 Å². The number of esters is 1. The van der Waals surface area contributed by atoms with Crippen molar-refractivity contribution in [3.05, 3.63) is 35.5 Å². The van der Waals surface area contributed by atoms with Crippen molar-refractivity contribution >= 4 is 40.5 Å². The Morgan fingerprint density at radius 3 is 2.66 bits per heavy atom. The lowest BCUT2D eigenvalue weighted by Crippen LogP contribution is -2.47. The third-order valence-corrected chi connectivity index (χ3v) is 4.82. The number of nitrogens with one attached hydrogen (secondary N) is 2. The molecule has 32 heavy (non-hydrogen) atoms. The number of benzene rings is 1. The average Bonchev–Trinajstić information content (AvgIpc) is 3.12. The smallest absolute Gasteiger partial charge is 0.328 e. The van der Waals surface area contributed by atoms with Gasteiger partial charge in [0.1, 0.15) is 12.1 Å². The number of aliphatic hydroxyl groups is 1. The average molecular weight is 444 g/mol. The summed E-state index contributed by atoms with van der Waals surface area (Å²) in [7, 11) is 3.87. The molecule has 2 aromatic rings.